The van der Waals surface area contributed by atoms with E-state index in [9.17, 15) is 28.0 Å². The van der Waals surface area contributed by atoms with E-state index in [-0.39, 0.29) is 23.0 Å². The third-order valence-corrected chi connectivity index (χ3v) is 11.2. The van der Waals surface area contributed by atoms with E-state index in [2.05, 4.69) is 24.5 Å². The second-order valence-electron chi connectivity index (χ2n) is 16.2. The van der Waals surface area contributed by atoms with Crippen molar-refractivity contribution in [1.29, 1.82) is 0 Å². The average Bonchev–Trinajstić information content (AvgIpc) is 3.38. The minimum Gasteiger partial charge on any atom is -0.457 e. The number of ether oxygens (including phenoxy) is 3. The maximum Gasteiger partial charge on any atom is 0.409 e. The van der Waals surface area contributed by atoms with Crippen molar-refractivity contribution in [3.05, 3.63) is 175 Å². The van der Waals surface area contributed by atoms with Crippen LogP contribution >= 0.6 is 0 Å². The van der Waals surface area contributed by atoms with Gasteiger partial charge in [0.1, 0.15) is 51.8 Å². The Balaban J connectivity index is 0.000000175. The van der Waals surface area contributed by atoms with Crippen LogP contribution < -0.4 is 46.9 Å². The van der Waals surface area contributed by atoms with Gasteiger partial charge in [0.2, 0.25) is 0 Å². The smallest absolute Gasteiger partial charge is 0.409 e. The molecule has 18 heteroatoms. The second-order valence-corrected chi connectivity index (χ2v) is 16.2. The minimum atomic E-state index is -0.786. The van der Waals surface area contributed by atoms with Gasteiger partial charge in [0.25, 0.3) is 11.8 Å². The minimum absolute atomic E-state index is 0.154. The molecule has 8 N–H and O–H groups in total. The topological polar surface area (TPSA) is 236 Å². The number of amides is 5. The molecule has 0 spiro atoms. The van der Waals surface area contributed by atoms with Gasteiger partial charge in [-0.15, -0.1) is 0 Å². The van der Waals surface area contributed by atoms with E-state index in [1.165, 1.54) is 30.7 Å². The molecule has 7 aromatic rings. The van der Waals surface area contributed by atoms with E-state index in [1.54, 1.807) is 77.7 Å². The highest BCUT2D eigenvalue weighted by atomic mass is 19.1. The zero-order valence-electron chi connectivity index (χ0n) is 38.5. The van der Waals surface area contributed by atoms with E-state index < -0.39 is 23.9 Å². The van der Waals surface area contributed by atoms with Gasteiger partial charge in [-0.05, 0) is 153 Å². The first-order valence-corrected chi connectivity index (χ1v) is 22.5. The molecule has 2 aliphatic heterocycles. The van der Waals surface area contributed by atoms with Gasteiger partial charge < -0.3 is 51.8 Å². The van der Waals surface area contributed by atoms with Gasteiger partial charge in [0.15, 0.2) is 0 Å². The van der Waals surface area contributed by atoms with Crippen molar-refractivity contribution in [2.75, 3.05) is 49.1 Å². The van der Waals surface area contributed by atoms with Crippen molar-refractivity contribution in [2.45, 2.75) is 19.3 Å². The van der Waals surface area contributed by atoms with E-state index in [1.807, 2.05) is 54.6 Å². The number of rotatable bonds is 11. The highest BCUT2D eigenvalue weighted by Gasteiger charge is 2.22. The molecule has 364 valence electrons. The molecule has 5 amide bonds. The van der Waals surface area contributed by atoms with Gasteiger partial charge >= 0.3 is 12.1 Å². The molecule has 0 aliphatic carbocycles. The molecule has 16 nitrogen and oxygen atoms in total. The van der Waals surface area contributed by atoms with Gasteiger partial charge in [-0.3, -0.25) is 9.59 Å². The molecule has 5 aromatic carbocycles. The fourth-order valence-corrected chi connectivity index (χ4v) is 7.55. The highest BCUT2D eigenvalue weighted by molar-refractivity contribution is 5.93. The van der Waals surface area contributed by atoms with E-state index in [0.29, 0.717) is 66.3 Å². The lowest BCUT2D eigenvalue weighted by atomic mass is 10.1. The average molecular weight is 964 g/mol. The second kappa shape index (κ2) is 23.8. The van der Waals surface area contributed by atoms with E-state index in [4.69, 9.17) is 32.4 Å². The summed E-state index contributed by atoms with van der Waals surface area (Å²) >= 11 is 0. The molecular formula is C53H51F2N9O7. The number of hydrogen-bond donors (Lipinski definition) is 4. The number of urea groups is 1. The SMILES string of the molecule is NC(=O)Oc1ccccc1.NC(=O)c1cc(N2CCCCC2)cc(-c2ccc(Oc3ccc(F)cc3)cc2)n1.NC(=O)c1cc(N2CCN(C(N)=O)CC2)cc(-c2ccc(Oc3ccc(F)cc3)cc2)n1. The Morgan fingerprint density at radius 3 is 1.23 bits per heavy atom. The van der Waals surface area contributed by atoms with Gasteiger partial charge in [-0.1, -0.05) is 18.2 Å². The fraction of sp³-hybridized carbons (Fsp3) is 0.170. The summed E-state index contributed by atoms with van der Waals surface area (Å²) in [5.74, 6) is 0.941. The number of nitrogens with two attached hydrogens (primary N) is 4. The van der Waals surface area contributed by atoms with E-state index >= 15 is 0 Å². The number of piperidine rings is 1. The molecular weight excluding hydrogens is 913 g/mol. The number of primary amides is 4. The summed E-state index contributed by atoms with van der Waals surface area (Å²) in [5, 5.41) is 0. The number of carbonyl (C=O) groups excluding carboxylic acids is 4. The van der Waals surface area contributed by atoms with Crippen molar-refractivity contribution in [3.8, 4) is 51.3 Å². The van der Waals surface area contributed by atoms with Crippen LogP contribution in [0.25, 0.3) is 22.5 Å². The van der Waals surface area contributed by atoms with Crippen LogP contribution in [0.1, 0.15) is 40.2 Å². The molecule has 0 unspecified atom stereocenters. The number of halogens is 2. The fourth-order valence-electron chi connectivity index (χ4n) is 7.55. The van der Waals surface area contributed by atoms with Crippen LogP contribution in [0, 0.1) is 11.6 Å². The molecule has 2 aliphatic rings. The van der Waals surface area contributed by atoms with Crippen LogP contribution in [0.2, 0.25) is 0 Å². The molecule has 2 aromatic heterocycles. The third-order valence-electron chi connectivity index (χ3n) is 11.2. The molecule has 71 heavy (non-hydrogen) atoms. The van der Waals surface area contributed by atoms with Gasteiger partial charge in [0.05, 0.1) is 11.4 Å². The van der Waals surface area contributed by atoms with Crippen LogP contribution in [0.15, 0.2) is 152 Å². The molecule has 0 atom stereocenters. The summed E-state index contributed by atoms with van der Waals surface area (Å²) in [6.45, 7) is 4.07. The van der Waals surface area contributed by atoms with Crippen LogP contribution in [0.3, 0.4) is 0 Å². The Labute approximate surface area is 408 Å². The first-order chi connectivity index (χ1) is 34.3. The number of aromatic nitrogens is 2. The van der Waals surface area contributed by atoms with Crippen molar-refractivity contribution < 1.29 is 42.2 Å². The maximum absolute atomic E-state index is 13.1. The van der Waals surface area contributed by atoms with Gasteiger partial charge in [0, 0.05) is 61.8 Å². The van der Waals surface area contributed by atoms with Crippen molar-refractivity contribution in [1.82, 2.24) is 14.9 Å². The van der Waals surface area contributed by atoms with Gasteiger partial charge in [-0.2, -0.15) is 0 Å². The summed E-state index contributed by atoms with van der Waals surface area (Å²) in [7, 11) is 0. The number of nitrogens with zero attached hydrogens (tertiary/aromatic N) is 5. The Kier molecular flexibility index (Phi) is 16.7. The summed E-state index contributed by atoms with van der Waals surface area (Å²) in [6.07, 6.45) is 2.72. The standard InChI is InChI=1S/C23H22FN5O3.C23H22FN3O2.C7H7NO2/c24-16-3-7-19(8-4-16)32-18-5-1-15(2-6-18)20-13-17(14-21(27-20)22(25)30)28-9-11-29(12-10-28)23(26)31;24-17-6-10-20(11-7-17)29-19-8-4-16(5-9-19)21-14-18(15-22(26-21)23(25)28)27-12-2-1-3-13-27;8-7(9)10-6-4-2-1-3-5-6/h1-8,13-14H,9-12H2,(H2,25,30)(H2,26,31);4-11,14-15H,1-3,12-13H2,(H2,25,28);1-5H,(H2,8,9). The quantitative estimate of drug-likeness (QED) is 0.0955. The van der Waals surface area contributed by atoms with Crippen molar-refractivity contribution >= 4 is 35.3 Å². The highest BCUT2D eigenvalue weighted by Crippen LogP contribution is 2.31. The first-order valence-electron chi connectivity index (χ1n) is 22.5. The number of benzene rings is 5. The van der Waals surface area contributed by atoms with Crippen LogP contribution in [-0.2, 0) is 0 Å². The maximum atomic E-state index is 13.1. The molecule has 2 fully saturated rings. The third kappa shape index (κ3) is 14.5. The van der Waals surface area contributed by atoms with Crippen LogP contribution in [0.5, 0.6) is 28.7 Å². The van der Waals surface area contributed by atoms with Gasteiger partial charge in [-0.25, -0.2) is 28.3 Å². The lowest BCUT2D eigenvalue weighted by Gasteiger charge is -2.35. The van der Waals surface area contributed by atoms with Crippen LogP contribution in [-0.4, -0.2) is 78.1 Å². The summed E-state index contributed by atoms with van der Waals surface area (Å²) in [4.78, 5) is 59.9. The number of piperazine rings is 1. The lowest BCUT2D eigenvalue weighted by molar-refractivity contribution is 0.0987. The Bertz CT molecular complexity index is 2920. The monoisotopic (exact) mass is 963 g/mol. The normalized spacial score (nSPS) is 13.1. The Morgan fingerprint density at radius 2 is 0.845 bits per heavy atom. The zero-order valence-corrected chi connectivity index (χ0v) is 38.5. The molecule has 2 saturated heterocycles. The largest absolute Gasteiger partial charge is 0.457 e. The number of hydrogen-bond acceptors (Lipinski definition) is 11. The first kappa shape index (κ1) is 49.8. The molecule has 0 radical (unpaired) electrons. The summed E-state index contributed by atoms with van der Waals surface area (Å²) in [6, 6.07) is 41.7. The predicted octanol–water partition coefficient (Wildman–Crippen LogP) is 8.89. The molecule has 4 heterocycles. The number of para-hydroxylation sites is 1. The molecule has 0 saturated carbocycles. The summed E-state index contributed by atoms with van der Waals surface area (Å²) < 4.78 is 42.1. The summed E-state index contributed by atoms with van der Waals surface area (Å²) in [5.41, 5.74) is 26.2. The van der Waals surface area contributed by atoms with E-state index in [0.717, 1.165) is 48.4 Å². The molecule has 9 rings (SSSR count). The molecule has 0 bridgehead atoms. The van der Waals surface area contributed by atoms with Crippen molar-refractivity contribution in [2.24, 2.45) is 22.9 Å². The number of anilines is 2. The number of carbonyl (C=O) groups is 4. The zero-order chi connectivity index (χ0) is 50.3. The lowest BCUT2D eigenvalue weighted by Crippen LogP contribution is -2.50. The van der Waals surface area contributed by atoms with Crippen LogP contribution in [0.4, 0.5) is 29.7 Å². The predicted molar refractivity (Wildman–Crippen MR) is 265 cm³/mol. The Morgan fingerprint density at radius 1 is 0.451 bits per heavy atom. The van der Waals surface area contributed by atoms with Crippen molar-refractivity contribution in [3.63, 3.8) is 0 Å². The Hall–Kier alpha value is -9.06. The number of pyridine rings is 2.